The van der Waals surface area contributed by atoms with Crippen molar-refractivity contribution in [2.45, 2.75) is 57.3 Å². The highest BCUT2D eigenvalue weighted by Crippen LogP contribution is 2.29. The number of hydrogen-bond donors (Lipinski definition) is 1. The van der Waals surface area contributed by atoms with Crippen LogP contribution in [0.5, 0.6) is 11.5 Å². The van der Waals surface area contributed by atoms with Gasteiger partial charge < -0.3 is 19.4 Å². The van der Waals surface area contributed by atoms with Crippen LogP contribution in [0.1, 0.15) is 39.5 Å². The minimum atomic E-state index is -0.118. The van der Waals surface area contributed by atoms with Gasteiger partial charge in [0.2, 0.25) is 5.91 Å². The summed E-state index contributed by atoms with van der Waals surface area (Å²) in [4.78, 5) is 12.5. The fraction of sp³-hybridized carbons (Fsp3) is 0.400. The number of carbonyl (C=O) groups excluding carboxylic acids is 1. The summed E-state index contributed by atoms with van der Waals surface area (Å²) in [5, 5.41) is 12.4. The van der Waals surface area contributed by atoms with Crippen molar-refractivity contribution < 1.29 is 14.3 Å². The molecular formula is C25H30N4O3S. The summed E-state index contributed by atoms with van der Waals surface area (Å²) in [5.41, 5.74) is 1.65. The van der Waals surface area contributed by atoms with Gasteiger partial charge >= 0.3 is 0 Å². The maximum atomic E-state index is 12.5. The van der Waals surface area contributed by atoms with Gasteiger partial charge in [-0.25, -0.2) is 0 Å². The molecule has 0 atom stereocenters. The number of ether oxygens (including phenoxy) is 2. The van der Waals surface area contributed by atoms with Gasteiger partial charge in [-0.05, 0) is 75.9 Å². The van der Waals surface area contributed by atoms with Crippen molar-refractivity contribution in [2.75, 3.05) is 17.7 Å². The Hall–Kier alpha value is -3.00. The lowest BCUT2D eigenvalue weighted by Crippen LogP contribution is -2.15. The molecule has 1 saturated carbocycles. The van der Waals surface area contributed by atoms with E-state index in [0.717, 1.165) is 30.0 Å². The van der Waals surface area contributed by atoms with Crippen LogP contribution in [-0.2, 0) is 11.3 Å². The minimum absolute atomic E-state index is 0.118. The second kappa shape index (κ2) is 11.2. The molecule has 4 rings (SSSR count). The van der Waals surface area contributed by atoms with Gasteiger partial charge in [0.05, 0.1) is 24.2 Å². The SMILES string of the molecule is CCOc1ccccc1NC(=O)CSc1nnc(-c2ccc(OC3CCCC3)cc2)n1CC. The highest BCUT2D eigenvalue weighted by Gasteiger charge is 2.18. The summed E-state index contributed by atoms with van der Waals surface area (Å²) in [6, 6.07) is 15.5. The number of nitrogens with one attached hydrogen (secondary N) is 1. The van der Waals surface area contributed by atoms with Crippen molar-refractivity contribution in [3.8, 4) is 22.9 Å². The monoisotopic (exact) mass is 466 g/mol. The van der Waals surface area contributed by atoms with Crippen molar-refractivity contribution in [3.05, 3.63) is 48.5 Å². The van der Waals surface area contributed by atoms with Crippen molar-refractivity contribution >= 4 is 23.4 Å². The summed E-state index contributed by atoms with van der Waals surface area (Å²) in [7, 11) is 0. The zero-order valence-corrected chi connectivity index (χ0v) is 19.9. The molecule has 0 spiro atoms. The van der Waals surface area contributed by atoms with Gasteiger partial charge in [-0.1, -0.05) is 23.9 Å². The molecule has 7 nitrogen and oxygen atoms in total. The second-order valence-corrected chi connectivity index (χ2v) is 8.81. The third-order valence-corrected chi connectivity index (χ3v) is 6.51. The molecule has 0 aliphatic heterocycles. The van der Waals surface area contributed by atoms with Crippen LogP contribution in [0.4, 0.5) is 5.69 Å². The highest BCUT2D eigenvalue weighted by atomic mass is 32.2. The number of carbonyl (C=O) groups is 1. The van der Waals surface area contributed by atoms with E-state index in [9.17, 15) is 4.79 Å². The minimum Gasteiger partial charge on any atom is -0.492 e. The molecule has 1 heterocycles. The molecule has 0 saturated heterocycles. The van der Waals surface area contributed by atoms with Gasteiger partial charge in [-0.2, -0.15) is 0 Å². The van der Waals surface area contributed by atoms with Gasteiger partial charge in [-0.3, -0.25) is 4.79 Å². The van der Waals surface area contributed by atoms with Gasteiger partial charge in [0.25, 0.3) is 0 Å². The first kappa shape index (κ1) is 23.2. The Morgan fingerprint density at radius 2 is 1.85 bits per heavy atom. The topological polar surface area (TPSA) is 78.3 Å². The predicted octanol–water partition coefficient (Wildman–Crippen LogP) is 5.42. The van der Waals surface area contributed by atoms with E-state index >= 15 is 0 Å². The first-order chi connectivity index (χ1) is 16.2. The number of aromatic nitrogens is 3. The molecule has 0 unspecified atom stereocenters. The van der Waals surface area contributed by atoms with E-state index < -0.39 is 0 Å². The normalized spacial score (nSPS) is 13.8. The van der Waals surface area contributed by atoms with Crippen LogP contribution >= 0.6 is 11.8 Å². The van der Waals surface area contributed by atoms with E-state index in [4.69, 9.17) is 9.47 Å². The fourth-order valence-corrected chi connectivity index (χ4v) is 4.75. The number of thioether (sulfide) groups is 1. The predicted molar refractivity (Wildman–Crippen MR) is 131 cm³/mol. The maximum Gasteiger partial charge on any atom is 0.234 e. The average molecular weight is 467 g/mol. The number of benzene rings is 2. The van der Waals surface area contributed by atoms with Crippen molar-refractivity contribution in [2.24, 2.45) is 0 Å². The van der Waals surface area contributed by atoms with Crippen LogP contribution in [0.3, 0.4) is 0 Å². The van der Waals surface area contributed by atoms with Gasteiger partial charge in [0, 0.05) is 12.1 Å². The molecule has 1 aliphatic rings. The molecule has 8 heteroatoms. The number of nitrogens with zero attached hydrogens (tertiary/aromatic N) is 3. The number of hydrogen-bond acceptors (Lipinski definition) is 6. The Labute approximate surface area is 198 Å². The van der Waals surface area contributed by atoms with Crippen molar-refractivity contribution in [1.82, 2.24) is 14.8 Å². The summed E-state index contributed by atoms with van der Waals surface area (Å²) in [6.07, 6.45) is 5.11. The zero-order chi connectivity index (χ0) is 23.0. The largest absolute Gasteiger partial charge is 0.492 e. The second-order valence-electron chi connectivity index (χ2n) is 7.87. The smallest absolute Gasteiger partial charge is 0.234 e. The molecule has 33 heavy (non-hydrogen) atoms. The number of amides is 1. The Kier molecular flexibility index (Phi) is 7.88. The van der Waals surface area contributed by atoms with Crippen LogP contribution in [0.25, 0.3) is 11.4 Å². The van der Waals surface area contributed by atoms with Crippen LogP contribution in [0, 0.1) is 0 Å². The van der Waals surface area contributed by atoms with Crippen LogP contribution in [-0.4, -0.2) is 39.1 Å². The first-order valence-electron chi connectivity index (χ1n) is 11.5. The molecule has 1 aliphatic carbocycles. The third kappa shape index (κ3) is 5.87. The van der Waals surface area contributed by atoms with E-state index in [1.165, 1.54) is 24.6 Å². The van der Waals surface area contributed by atoms with Crippen LogP contribution < -0.4 is 14.8 Å². The Morgan fingerprint density at radius 1 is 1.09 bits per heavy atom. The molecule has 3 aromatic rings. The van der Waals surface area contributed by atoms with E-state index in [2.05, 4.69) is 15.5 Å². The first-order valence-corrected chi connectivity index (χ1v) is 12.5. The van der Waals surface area contributed by atoms with E-state index in [0.29, 0.717) is 35.8 Å². The Bertz CT molecular complexity index is 1060. The maximum absolute atomic E-state index is 12.5. The lowest BCUT2D eigenvalue weighted by Gasteiger charge is -2.13. The van der Waals surface area contributed by atoms with E-state index in [1.807, 2.05) is 66.9 Å². The van der Waals surface area contributed by atoms with Crippen molar-refractivity contribution in [3.63, 3.8) is 0 Å². The third-order valence-electron chi connectivity index (χ3n) is 5.54. The lowest BCUT2D eigenvalue weighted by atomic mass is 10.2. The lowest BCUT2D eigenvalue weighted by molar-refractivity contribution is -0.113. The quantitative estimate of drug-likeness (QED) is 0.402. The highest BCUT2D eigenvalue weighted by molar-refractivity contribution is 7.99. The molecule has 1 amide bonds. The summed E-state index contributed by atoms with van der Waals surface area (Å²) in [5.74, 6) is 2.46. The molecule has 1 aromatic heterocycles. The van der Waals surface area contributed by atoms with Crippen LogP contribution in [0.2, 0.25) is 0 Å². The van der Waals surface area contributed by atoms with E-state index in [1.54, 1.807) is 0 Å². The number of rotatable bonds is 10. The Balaban J connectivity index is 1.39. The number of anilines is 1. The Morgan fingerprint density at radius 3 is 2.58 bits per heavy atom. The van der Waals surface area contributed by atoms with Crippen LogP contribution in [0.15, 0.2) is 53.7 Å². The molecule has 0 radical (unpaired) electrons. The van der Waals surface area contributed by atoms with Gasteiger partial charge in [0.15, 0.2) is 11.0 Å². The van der Waals surface area contributed by atoms with Gasteiger partial charge in [-0.15, -0.1) is 10.2 Å². The molecule has 174 valence electrons. The molecule has 2 aromatic carbocycles. The molecular weight excluding hydrogens is 436 g/mol. The summed E-state index contributed by atoms with van der Waals surface area (Å²) < 4.78 is 13.7. The van der Waals surface area contributed by atoms with Gasteiger partial charge in [0.1, 0.15) is 11.5 Å². The molecule has 1 N–H and O–H groups in total. The standard InChI is InChI=1S/C25H30N4O3S/c1-3-29-24(18-13-15-20(16-14-18)32-19-9-5-6-10-19)27-28-25(29)33-17-23(30)26-21-11-7-8-12-22(21)31-4-2/h7-8,11-16,19H,3-6,9-10,17H2,1-2H3,(H,26,30). The number of para-hydroxylation sites is 2. The fourth-order valence-electron chi connectivity index (χ4n) is 3.94. The molecule has 1 fully saturated rings. The zero-order valence-electron chi connectivity index (χ0n) is 19.1. The van der Waals surface area contributed by atoms with E-state index in [-0.39, 0.29) is 11.7 Å². The summed E-state index contributed by atoms with van der Waals surface area (Å²) >= 11 is 1.37. The van der Waals surface area contributed by atoms with Crippen molar-refractivity contribution in [1.29, 1.82) is 0 Å². The summed E-state index contributed by atoms with van der Waals surface area (Å²) in [6.45, 7) is 5.21. The molecule has 0 bridgehead atoms. The average Bonchev–Trinajstić information content (AvgIpc) is 3.49.